The molecule has 114 valence electrons. The molecule has 3 aromatic rings. The molecule has 1 aromatic carbocycles. The third-order valence-electron chi connectivity index (χ3n) is 4.01. The number of imidazole rings is 1. The van der Waals surface area contributed by atoms with Gasteiger partial charge in [-0.3, -0.25) is 0 Å². The first-order chi connectivity index (χ1) is 11.1. The van der Waals surface area contributed by atoms with Gasteiger partial charge in [0.2, 0.25) is 0 Å². The summed E-state index contributed by atoms with van der Waals surface area (Å²) in [6.07, 6.45) is 4.46. The summed E-state index contributed by atoms with van der Waals surface area (Å²) in [6.45, 7) is 6.21. The summed E-state index contributed by atoms with van der Waals surface area (Å²) in [4.78, 5) is 4.46. The van der Waals surface area contributed by atoms with E-state index in [0.717, 1.165) is 34.7 Å². The predicted octanol–water partition coefficient (Wildman–Crippen LogP) is 2.67. The Kier molecular flexibility index (Phi) is 3.05. The van der Waals surface area contributed by atoms with E-state index in [9.17, 15) is 0 Å². The van der Waals surface area contributed by atoms with Gasteiger partial charge in [-0.25, -0.2) is 9.67 Å². The van der Waals surface area contributed by atoms with Gasteiger partial charge in [-0.2, -0.15) is 0 Å². The van der Waals surface area contributed by atoms with Crippen LogP contribution in [0.5, 0.6) is 0 Å². The molecule has 0 aliphatic carbocycles. The second-order valence-corrected chi connectivity index (χ2v) is 6.09. The van der Waals surface area contributed by atoms with Crippen molar-refractivity contribution in [1.29, 1.82) is 0 Å². The summed E-state index contributed by atoms with van der Waals surface area (Å²) in [5.74, 6) is 6.79. The number of fused-ring (bicyclic) bond motifs is 5. The molecule has 0 radical (unpaired) electrons. The molecule has 0 bridgehead atoms. The van der Waals surface area contributed by atoms with Crippen molar-refractivity contribution in [2.45, 2.75) is 27.2 Å². The van der Waals surface area contributed by atoms with Crippen LogP contribution in [0.3, 0.4) is 0 Å². The first-order valence-electron chi connectivity index (χ1n) is 7.72. The van der Waals surface area contributed by atoms with Crippen LogP contribution >= 0.6 is 0 Å². The van der Waals surface area contributed by atoms with E-state index in [1.807, 2.05) is 24.1 Å². The Bertz CT molecular complexity index is 949. The van der Waals surface area contributed by atoms with E-state index in [1.165, 1.54) is 5.69 Å². The van der Waals surface area contributed by atoms with Crippen LogP contribution in [-0.4, -0.2) is 24.5 Å². The minimum Gasteiger partial charge on any atom is -0.300 e. The lowest BCUT2D eigenvalue weighted by atomic mass is 10.1. The van der Waals surface area contributed by atoms with E-state index in [4.69, 9.17) is 0 Å². The molecule has 1 aliphatic heterocycles. The summed E-state index contributed by atoms with van der Waals surface area (Å²) >= 11 is 0. The van der Waals surface area contributed by atoms with E-state index >= 15 is 0 Å². The van der Waals surface area contributed by atoms with Crippen LogP contribution < -0.4 is 0 Å². The van der Waals surface area contributed by atoms with Crippen molar-refractivity contribution in [2.75, 3.05) is 0 Å². The smallest absolute Gasteiger partial charge is 0.0998 e. The second-order valence-electron chi connectivity index (χ2n) is 6.09. The summed E-state index contributed by atoms with van der Waals surface area (Å²) in [5, 5.41) is 8.35. The Morgan fingerprint density at radius 2 is 2.09 bits per heavy atom. The molecular weight excluding hydrogens is 286 g/mol. The fraction of sp³-hybridized carbons (Fsp3) is 0.278. The SMILES string of the molecule is Cc1ncn2c1Cc1cnnn1-c1cc(C#CC(C)C)ccc1-2. The highest BCUT2D eigenvalue weighted by Gasteiger charge is 2.21. The highest BCUT2D eigenvalue weighted by molar-refractivity contribution is 5.59. The van der Waals surface area contributed by atoms with Gasteiger partial charge in [-0.1, -0.05) is 30.9 Å². The van der Waals surface area contributed by atoms with Crippen LogP contribution in [0.15, 0.2) is 30.7 Å². The van der Waals surface area contributed by atoms with E-state index in [2.05, 4.69) is 63.8 Å². The van der Waals surface area contributed by atoms with Gasteiger partial charge in [0.1, 0.15) is 0 Å². The maximum Gasteiger partial charge on any atom is 0.0998 e. The van der Waals surface area contributed by atoms with E-state index in [0.29, 0.717) is 5.92 Å². The number of aryl methyl sites for hydroxylation is 1. The third kappa shape index (κ3) is 2.23. The first kappa shape index (κ1) is 13.8. The van der Waals surface area contributed by atoms with Gasteiger partial charge < -0.3 is 4.57 Å². The van der Waals surface area contributed by atoms with Crippen molar-refractivity contribution in [3.05, 3.63) is 53.4 Å². The quantitative estimate of drug-likeness (QED) is 0.469. The van der Waals surface area contributed by atoms with Crippen LogP contribution in [-0.2, 0) is 6.42 Å². The van der Waals surface area contributed by atoms with Gasteiger partial charge in [0.15, 0.2) is 0 Å². The standard InChI is InChI=1S/C18H17N5/c1-12(2)4-5-14-6-7-16-18(8-14)23-15(10-20-21-23)9-17-13(3)19-11-22(16)17/h6-8,10-12H,9H2,1-3H3. The van der Waals surface area contributed by atoms with Crippen LogP contribution in [0.4, 0.5) is 0 Å². The summed E-state index contributed by atoms with van der Waals surface area (Å²) in [7, 11) is 0. The molecule has 0 amide bonds. The lowest BCUT2D eigenvalue weighted by molar-refractivity contribution is 0.777. The van der Waals surface area contributed by atoms with Gasteiger partial charge in [0.05, 0.1) is 41.0 Å². The molecule has 4 rings (SSSR count). The number of nitrogens with zero attached hydrogens (tertiary/aromatic N) is 5. The van der Waals surface area contributed by atoms with Crippen molar-refractivity contribution in [1.82, 2.24) is 24.5 Å². The maximum atomic E-state index is 4.46. The average Bonchev–Trinajstić information content (AvgIpc) is 3.11. The van der Waals surface area contributed by atoms with Gasteiger partial charge in [0.25, 0.3) is 0 Å². The van der Waals surface area contributed by atoms with Crippen LogP contribution in [0.25, 0.3) is 11.4 Å². The number of aromatic nitrogens is 5. The fourth-order valence-electron chi connectivity index (χ4n) is 2.84. The predicted molar refractivity (Wildman–Crippen MR) is 87.7 cm³/mol. The molecule has 0 N–H and O–H groups in total. The van der Waals surface area contributed by atoms with E-state index < -0.39 is 0 Å². The highest BCUT2D eigenvalue weighted by Crippen LogP contribution is 2.28. The van der Waals surface area contributed by atoms with Gasteiger partial charge >= 0.3 is 0 Å². The zero-order valence-corrected chi connectivity index (χ0v) is 13.4. The molecule has 0 atom stereocenters. The molecule has 1 aliphatic rings. The van der Waals surface area contributed by atoms with Crippen molar-refractivity contribution >= 4 is 0 Å². The van der Waals surface area contributed by atoms with Crippen LogP contribution in [0, 0.1) is 24.7 Å². The zero-order valence-electron chi connectivity index (χ0n) is 13.4. The zero-order chi connectivity index (χ0) is 16.0. The molecule has 5 nitrogen and oxygen atoms in total. The van der Waals surface area contributed by atoms with E-state index in [-0.39, 0.29) is 0 Å². The van der Waals surface area contributed by atoms with Gasteiger partial charge in [-0.05, 0) is 25.1 Å². The molecule has 5 heteroatoms. The van der Waals surface area contributed by atoms with Crippen molar-refractivity contribution < 1.29 is 0 Å². The van der Waals surface area contributed by atoms with Crippen molar-refractivity contribution in [3.8, 4) is 23.2 Å². The number of rotatable bonds is 0. The summed E-state index contributed by atoms with van der Waals surface area (Å²) in [5.41, 5.74) is 6.30. The molecular formula is C18H17N5. The molecule has 0 saturated carbocycles. The minimum absolute atomic E-state index is 0.346. The molecule has 0 saturated heterocycles. The van der Waals surface area contributed by atoms with Crippen LogP contribution in [0.1, 0.15) is 36.5 Å². The Morgan fingerprint density at radius 1 is 1.22 bits per heavy atom. The largest absolute Gasteiger partial charge is 0.300 e. The maximum absolute atomic E-state index is 4.46. The topological polar surface area (TPSA) is 48.5 Å². The van der Waals surface area contributed by atoms with E-state index in [1.54, 1.807) is 0 Å². The Morgan fingerprint density at radius 3 is 2.91 bits per heavy atom. The van der Waals surface area contributed by atoms with Gasteiger partial charge in [0, 0.05) is 17.9 Å². The molecule has 0 unspecified atom stereocenters. The molecule has 0 spiro atoms. The van der Waals surface area contributed by atoms with Crippen molar-refractivity contribution in [3.63, 3.8) is 0 Å². The first-order valence-corrected chi connectivity index (χ1v) is 7.72. The average molecular weight is 303 g/mol. The lowest BCUT2D eigenvalue weighted by Gasteiger charge is -2.10. The molecule has 3 heterocycles. The fourth-order valence-corrected chi connectivity index (χ4v) is 2.84. The van der Waals surface area contributed by atoms with Crippen molar-refractivity contribution in [2.24, 2.45) is 5.92 Å². The van der Waals surface area contributed by atoms with Gasteiger partial charge in [-0.15, -0.1) is 5.10 Å². The summed E-state index contributed by atoms with van der Waals surface area (Å²) < 4.78 is 4.04. The Hall–Kier alpha value is -2.87. The number of benzene rings is 1. The molecule has 23 heavy (non-hydrogen) atoms. The number of hydrogen-bond donors (Lipinski definition) is 0. The Labute approximate surface area is 135 Å². The Balaban J connectivity index is 1.96. The second kappa shape index (κ2) is 5.10. The summed E-state index contributed by atoms with van der Waals surface area (Å²) in [6, 6.07) is 6.21. The monoisotopic (exact) mass is 303 g/mol. The molecule has 0 fully saturated rings. The molecule has 2 aromatic heterocycles. The lowest BCUT2D eigenvalue weighted by Crippen LogP contribution is -2.03. The normalized spacial score (nSPS) is 12.0. The minimum atomic E-state index is 0.346. The number of hydrogen-bond acceptors (Lipinski definition) is 3. The third-order valence-corrected chi connectivity index (χ3v) is 4.01. The highest BCUT2D eigenvalue weighted by atomic mass is 15.4. The van der Waals surface area contributed by atoms with Crippen LogP contribution in [0.2, 0.25) is 0 Å².